The molecule has 5 aromatic rings. The average Bonchev–Trinajstić information content (AvgIpc) is 3.30. The lowest BCUT2D eigenvalue weighted by Crippen LogP contribution is -2.39. The molecule has 0 fully saturated rings. The third-order valence-electron chi connectivity index (χ3n) is 5.87. The van der Waals surface area contributed by atoms with Crippen LogP contribution in [-0.2, 0) is 16.4 Å². The predicted octanol–water partition coefficient (Wildman–Crippen LogP) is 2.82. The Balaban J connectivity index is 1.37. The van der Waals surface area contributed by atoms with Crippen LogP contribution in [-0.4, -0.2) is 48.6 Å². The second kappa shape index (κ2) is 10.6. The van der Waals surface area contributed by atoms with Crippen LogP contribution in [0.2, 0.25) is 0 Å². The van der Waals surface area contributed by atoms with Crippen molar-refractivity contribution in [3.05, 3.63) is 103 Å². The first-order valence-electron chi connectivity index (χ1n) is 11.7. The third-order valence-corrected chi connectivity index (χ3v) is 7.41. The van der Waals surface area contributed by atoms with Gasteiger partial charge in [0.1, 0.15) is 13.7 Å². The first-order chi connectivity index (χ1) is 17.9. The van der Waals surface area contributed by atoms with Crippen molar-refractivity contribution in [3.63, 3.8) is 0 Å². The second-order valence-electron chi connectivity index (χ2n) is 8.57. The van der Waals surface area contributed by atoms with E-state index in [0.29, 0.717) is 29.0 Å². The summed E-state index contributed by atoms with van der Waals surface area (Å²) >= 11 is 0. The van der Waals surface area contributed by atoms with Crippen molar-refractivity contribution >= 4 is 40.5 Å². The zero-order chi connectivity index (χ0) is 25.8. The number of nitrogens with one attached hydrogen (secondary N) is 2. The Morgan fingerprint density at radius 3 is 2.30 bits per heavy atom. The van der Waals surface area contributed by atoms with Gasteiger partial charge in [-0.1, -0.05) is 60.7 Å². The van der Waals surface area contributed by atoms with Crippen molar-refractivity contribution in [1.29, 1.82) is 0 Å². The number of hydrogen-bond donors (Lipinski definition) is 3. The minimum Gasteiger partial charge on any atom is -0.395 e. The summed E-state index contributed by atoms with van der Waals surface area (Å²) in [6.07, 6.45) is 1.92. The number of benzene rings is 3. The summed E-state index contributed by atoms with van der Waals surface area (Å²) in [5, 5.41) is 17.3. The Labute approximate surface area is 216 Å². The highest BCUT2D eigenvalue weighted by molar-refractivity contribution is 7.89. The Bertz CT molecular complexity index is 1610. The molecule has 37 heavy (non-hydrogen) atoms. The molecular formula is C27H24BN5O3S. The highest BCUT2D eigenvalue weighted by Crippen LogP contribution is 2.25. The second-order valence-corrected chi connectivity index (χ2v) is 10.3. The standard InChI is InChI=1S/C27H24BN5O3S/c28-24-17-29-33-26(16-25(31-27(24)33)20-9-5-2-6-10-20)30-21-11-13-23(14-12-21)37(35,36)32-22(18-34)15-19-7-3-1-4-8-19/h1-14,16-17,22,30,32,34H,15,18H2/t22-/m1/s1. The highest BCUT2D eigenvalue weighted by atomic mass is 32.2. The van der Waals surface area contributed by atoms with E-state index in [0.717, 1.165) is 16.8 Å². The molecule has 0 aliphatic carbocycles. The van der Waals surface area contributed by atoms with E-state index >= 15 is 0 Å². The number of aromatic nitrogens is 3. The molecule has 2 aromatic heterocycles. The lowest BCUT2D eigenvalue weighted by atomic mass is 10.0. The van der Waals surface area contributed by atoms with Gasteiger partial charge < -0.3 is 10.4 Å². The smallest absolute Gasteiger partial charge is 0.240 e. The van der Waals surface area contributed by atoms with E-state index in [2.05, 4.69) is 20.1 Å². The number of aliphatic hydroxyl groups is 1. The molecule has 184 valence electrons. The monoisotopic (exact) mass is 509 g/mol. The molecule has 0 aliphatic heterocycles. The molecule has 3 N–H and O–H groups in total. The number of anilines is 2. The van der Waals surface area contributed by atoms with Crippen molar-refractivity contribution in [2.24, 2.45) is 0 Å². The Hall–Kier alpha value is -3.99. The van der Waals surface area contributed by atoms with Crippen LogP contribution in [0.25, 0.3) is 16.9 Å². The molecule has 0 amide bonds. The lowest BCUT2D eigenvalue weighted by molar-refractivity contribution is 0.256. The van der Waals surface area contributed by atoms with Gasteiger partial charge in [0.2, 0.25) is 10.0 Å². The molecular weight excluding hydrogens is 485 g/mol. The molecule has 2 radical (unpaired) electrons. The number of fused-ring (bicyclic) bond motifs is 1. The first kappa shape index (κ1) is 24.7. The molecule has 10 heteroatoms. The van der Waals surface area contributed by atoms with Crippen LogP contribution < -0.4 is 15.5 Å². The van der Waals surface area contributed by atoms with Gasteiger partial charge in [-0.25, -0.2) is 18.1 Å². The average molecular weight is 509 g/mol. The SMILES string of the molecule is [B]c1cnn2c(Nc3ccc(S(=O)(=O)N[C@@H](CO)Cc4ccccc4)cc3)cc(-c3ccccc3)nc12. The normalized spacial score (nSPS) is 12.5. The van der Waals surface area contributed by atoms with Crippen molar-refractivity contribution in [2.45, 2.75) is 17.4 Å². The number of sulfonamides is 1. The van der Waals surface area contributed by atoms with E-state index in [4.69, 9.17) is 7.85 Å². The van der Waals surface area contributed by atoms with Crippen molar-refractivity contribution in [2.75, 3.05) is 11.9 Å². The van der Waals surface area contributed by atoms with Crippen LogP contribution in [0.15, 0.2) is 102 Å². The van der Waals surface area contributed by atoms with E-state index in [1.165, 1.54) is 18.3 Å². The molecule has 2 heterocycles. The molecule has 1 atom stereocenters. The number of hydrogen-bond acceptors (Lipinski definition) is 6. The molecule has 0 bridgehead atoms. The van der Waals surface area contributed by atoms with E-state index in [-0.39, 0.29) is 11.5 Å². The number of rotatable bonds is 9. The van der Waals surface area contributed by atoms with Crippen LogP contribution in [0.1, 0.15) is 5.56 Å². The van der Waals surface area contributed by atoms with Crippen LogP contribution >= 0.6 is 0 Å². The number of nitrogens with zero attached hydrogens (tertiary/aromatic N) is 3. The van der Waals surface area contributed by atoms with Gasteiger partial charge in [-0.2, -0.15) is 9.61 Å². The number of aliphatic hydroxyl groups excluding tert-OH is 1. The summed E-state index contributed by atoms with van der Waals surface area (Å²) in [5.41, 5.74) is 4.20. The molecule has 3 aromatic carbocycles. The summed E-state index contributed by atoms with van der Waals surface area (Å²) in [6.45, 7) is -0.317. The molecule has 0 saturated carbocycles. The fourth-order valence-electron chi connectivity index (χ4n) is 4.02. The summed E-state index contributed by atoms with van der Waals surface area (Å²) in [4.78, 5) is 4.74. The first-order valence-corrected chi connectivity index (χ1v) is 13.1. The molecule has 0 unspecified atom stereocenters. The highest BCUT2D eigenvalue weighted by Gasteiger charge is 2.20. The van der Waals surface area contributed by atoms with Gasteiger partial charge >= 0.3 is 0 Å². The molecule has 5 rings (SSSR count). The van der Waals surface area contributed by atoms with E-state index in [9.17, 15) is 13.5 Å². The van der Waals surface area contributed by atoms with Crippen LogP contribution in [0, 0.1) is 0 Å². The Morgan fingerprint density at radius 2 is 1.62 bits per heavy atom. The quantitative estimate of drug-likeness (QED) is 0.264. The minimum absolute atomic E-state index is 0.0951. The Morgan fingerprint density at radius 1 is 0.946 bits per heavy atom. The topological polar surface area (TPSA) is 109 Å². The van der Waals surface area contributed by atoms with Gasteiger partial charge in [0.05, 0.1) is 17.2 Å². The van der Waals surface area contributed by atoms with Crippen LogP contribution in [0.3, 0.4) is 0 Å². The molecule has 0 saturated heterocycles. The fourth-order valence-corrected chi connectivity index (χ4v) is 5.25. The van der Waals surface area contributed by atoms with Crippen molar-refractivity contribution in [1.82, 2.24) is 19.3 Å². The Kier molecular flexibility index (Phi) is 7.05. The van der Waals surface area contributed by atoms with Crippen molar-refractivity contribution in [3.8, 4) is 11.3 Å². The fraction of sp³-hybridized carbons (Fsp3) is 0.111. The van der Waals surface area contributed by atoms with E-state index < -0.39 is 16.1 Å². The minimum atomic E-state index is -3.84. The van der Waals surface area contributed by atoms with Crippen LogP contribution in [0.4, 0.5) is 11.5 Å². The summed E-state index contributed by atoms with van der Waals surface area (Å²) in [6, 6.07) is 26.7. The van der Waals surface area contributed by atoms with E-state index in [1.807, 2.05) is 66.7 Å². The van der Waals surface area contributed by atoms with Gasteiger partial charge in [-0.3, -0.25) is 0 Å². The lowest BCUT2D eigenvalue weighted by Gasteiger charge is -2.17. The van der Waals surface area contributed by atoms with Gasteiger partial charge in [0, 0.05) is 29.6 Å². The van der Waals surface area contributed by atoms with Gasteiger partial charge in [-0.15, -0.1) is 0 Å². The molecule has 8 nitrogen and oxygen atoms in total. The summed E-state index contributed by atoms with van der Waals surface area (Å²) in [5.74, 6) is 0.623. The van der Waals surface area contributed by atoms with Crippen LogP contribution in [0.5, 0.6) is 0 Å². The zero-order valence-electron chi connectivity index (χ0n) is 19.8. The van der Waals surface area contributed by atoms with Crippen molar-refractivity contribution < 1.29 is 13.5 Å². The van der Waals surface area contributed by atoms with Gasteiger partial charge in [0.25, 0.3) is 0 Å². The maximum absolute atomic E-state index is 13.0. The van der Waals surface area contributed by atoms with E-state index in [1.54, 1.807) is 16.6 Å². The maximum Gasteiger partial charge on any atom is 0.240 e. The largest absolute Gasteiger partial charge is 0.395 e. The third kappa shape index (κ3) is 5.56. The molecule has 0 aliphatic rings. The predicted molar refractivity (Wildman–Crippen MR) is 145 cm³/mol. The van der Waals surface area contributed by atoms with Gasteiger partial charge in [-0.05, 0) is 41.7 Å². The zero-order valence-corrected chi connectivity index (χ0v) is 20.6. The molecule has 0 spiro atoms. The summed E-state index contributed by atoms with van der Waals surface area (Å²) in [7, 11) is 2.25. The van der Waals surface area contributed by atoms with Gasteiger partial charge in [0.15, 0.2) is 5.65 Å². The maximum atomic E-state index is 13.0. The summed E-state index contributed by atoms with van der Waals surface area (Å²) < 4.78 is 30.1.